The Balaban J connectivity index is 2.48. The molecule has 5 nitrogen and oxygen atoms in total. The van der Waals surface area contributed by atoms with Crippen molar-refractivity contribution in [1.82, 2.24) is 20.3 Å². The topological polar surface area (TPSA) is 52.0 Å². The van der Waals surface area contributed by atoms with Crippen molar-refractivity contribution in [3.05, 3.63) is 11.9 Å². The number of ether oxygens (including phenoxy) is 1. The number of aromatic nitrogens is 3. The van der Waals surface area contributed by atoms with Crippen molar-refractivity contribution in [3.63, 3.8) is 0 Å². The lowest BCUT2D eigenvalue weighted by molar-refractivity contribution is 0.0993. The van der Waals surface area contributed by atoms with E-state index in [9.17, 15) is 0 Å². The predicted molar refractivity (Wildman–Crippen MR) is 49.3 cm³/mol. The van der Waals surface area contributed by atoms with Crippen LogP contribution in [0.5, 0.6) is 0 Å². The number of hydrogen-bond donors (Lipinski definition) is 1. The molecule has 1 N–H and O–H groups in total. The standard InChI is InChI=1S/C8H16N4O/c1-7(13-3)5-12-6-8(4-9-2)10-11-12/h6-7,9H,4-5H2,1-3H3. The summed E-state index contributed by atoms with van der Waals surface area (Å²) < 4.78 is 6.91. The molecule has 0 aliphatic carbocycles. The van der Waals surface area contributed by atoms with Gasteiger partial charge in [0.15, 0.2) is 0 Å². The van der Waals surface area contributed by atoms with Crippen molar-refractivity contribution >= 4 is 0 Å². The van der Waals surface area contributed by atoms with Crippen molar-refractivity contribution in [2.75, 3.05) is 14.2 Å². The number of hydrogen-bond acceptors (Lipinski definition) is 4. The molecule has 1 atom stereocenters. The van der Waals surface area contributed by atoms with Gasteiger partial charge in [0.2, 0.25) is 0 Å². The molecule has 1 aromatic heterocycles. The molecule has 13 heavy (non-hydrogen) atoms. The summed E-state index contributed by atoms with van der Waals surface area (Å²) in [6, 6.07) is 0. The smallest absolute Gasteiger partial charge is 0.0964 e. The fourth-order valence-corrected chi connectivity index (χ4v) is 1.03. The van der Waals surface area contributed by atoms with Crippen LogP contribution in [0.3, 0.4) is 0 Å². The lowest BCUT2D eigenvalue weighted by atomic mass is 10.4. The van der Waals surface area contributed by atoms with Crippen LogP contribution < -0.4 is 5.32 Å². The normalized spacial score (nSPS) is 13.2. The van der Waals surface area contributed by atoms with E-state index in [0.29, 0.717) is 0 Å². The number of nitrogens with zero attached hydrogens (tertiary/aromatic N) is 3. The summed E-state index contributed by atoms with van der Waals surface area (Å²) in [5, 5.41) is 11.0. The van der Waals surface area contributed by atoms with Crippen LogP contribution in [-0.4, -0.2) is 35.3 Å². The lowest BCUT2D eigenvalue weighted by Crippen LogP contribution is -2.15. The van der Waals surface area contributed by atoms with Gasteiger partial charge in [0.25, 0.3) is 0 Å². The third-order valence-electron chi connectivity index (χ3n) is 1.79. The number of nitrogens with one attached hydrogen (secondary N) is 1. The van der Waals surface area contributed by atoms with E-state index < -0.39 is 0 Å². The maximum absolute atomic E-state index is 5.12. The van der Waals surface area contributed by atoms with Gasteiger partial charge in [0.1, 0.15) is 0 Å². The van der Waals surface area contributed by atoms with Gasteiger partial charge < -0.3 is 10.1 Å². The van der Waals surface area contributed by atoms with E-state index >= 15 is 0 Å². The van der Waals surface area contributed by atoms with Crippen molar-refractivity contribution < 1.29 is 4.74 Å². The molecule has 74 valence electrons. The van der Waals surface area contributed by atoms with Crippen LogP contribution in [0.15, 0.2) is 6.20 Å². The van der Waals surface area contributed by atoms with Crippen LogP contribution in [0.4, 0.5) is 0 Å². The van der Waals surface area contributed by atoms with Crippen molar-refractivity contribution in [2.45, 2.75) is 26.1 Å². The minimum Gasteiger partial charge on any atom is -0.380 e. The van der Waals surface area contributed by atoms with Gasteiger partial charge in [-0.15, -0.1) is 5.10 Å². The highest BCUT2D eigenvalue weighted by molar-refractivity contribution is 4.91. The van der Waals surface area contributed by atoms with Crippen LogP contribution in [0.2, 0.25) is 0 Å². The maximum Gasteiger partial charge on any atom is 0.0964 e. The van der Waals surface area contributed by atoms with Gasteiger partial charge >= 0.3 is 0 Å². The van der Waals surface area contributed by atoms with Crippen LogP contribution in [0.1, 0.15) is 12.6 Å². The molecule has 0 radical (unpaired) electrons. The Morgan fingerprint density at radius 3 is 3.08 bits per heavy atom. The molecule has 5 heteroatoms. The Morgan fingerprint density at radius 2 is 2.46 bits per heavy atom. The second kappa shape index (κ2) is 4.94. The molecule has 0 fully saturated rings. The van der Waals surface area contributed by atoms with Gasteiger partial charge in [-0.1, -0.05) is 5.21 Å². The fraction of sp³-hybridized carbons (Fsp3) is 0.750. The van der Waals surface area contributed by atoms with Crippen molar-refractivity contribution in [1.29, 1.82) is 0 Å². The summed E-state index contributed by atoms with van der Waals surface area (Å²) >= 11 is 0. The molecule has 0 aromatic carbocycles. The number of rotatable bonds is 5. The predicted octanol–water partition coefficient (Wildman–Crippen LogP) is 0.0324. The highest BCUT2D eigenvalue weighted by Crippen LogP contribution is 1.96. The van der Waals surface area contributed by atoms with E-state index in [4.69, 9.17) is 4.74 Å². The summed E-state index contributed by atoms with van der Waals surface area (Å²) in [6.07, 6.45) is 2.09. The summed E-state index contributed by atoms with van der Waals surface area (Å²) in [5.74, 6) is 0. The summed E-state index contributed by atoms with van der Waals surface area (Å²) in [7, 11) is 3.58. The van der Waals surface area contributed by atoms with Gasteiger partial charge in [-0.3, -0.25) is 0 Å². The van der Waals surface area contributed by atoms with Gasteiger partial charge in [0.05, 0.1) is 18.3 Å². The van der Waals surface area contributed by atoms with Crippen molar-refractivity contribution in [3.8, 4) is 0 Å². The monoisotopic (exact) mass is 184 g/mol. The zero-order valence-electron chi connectivity index (χ0n) is 8.32. The molecule has 0 amide bonds. The lowest BCUT2D eigenvalue weighted by Gasteiger charge is -2.07. The molecular formula is C8H16N4O. The summed E-state index contributed by atoms with van der Waals surface area (Å²) in [5.41, 5.74) is 0.950. The third-order valence-corrected chi connectivity index (χ3v) is 1.79. The van der Waals surface area contributed by atoms with Gasteiger partial charge in [-0.25, -0.2) is 4.68 Å². The van der Waals surface area contributed by atoms with Gasteiger partial charge in [0, 0.05) is 19.9 Å². The van der Waals surface area contributed by atoms with E-state index in [-0.39, 0.29) is 6.10 Å². The quantitative estimate of drug-likeness (QED) is 0.701. The van der Waals surface area contributed by atoms with Crippen molar-refractivity contribution in [2.24, 2.45) is 0 Å². The number of methoxy groups -OCH3 is 1. The highest BCUT2D eigenvalue weighted by atomic mass is 16.5. The zero-order chi connectivity index (χ0) is 9.68. The highest BCUT2D eigenvalue weighted by Gasteiger charge is 2.03. The van der Waals surface area contributed by atoms with E-state index in [1.165, 1.54) is 0 Å². The molecule has 1 rings (SSSR count). The van der Waals surface area contributed by atoms with Gasteiger partial charge in [-0.2, -0.15) is 0 Å². The Kier molecular flexibility index (Phi) is 3.85. The minimum atomic E-state index is 0.170. The third kappa shape index (κ3) is 3.12. The molecule has 0 spiro atoms. The first-order valence-corrected chi connectivity index (χ1v) is 4.32. The molecule has 0 saturated carbocycles. The molecule has 0 aliphatic heterocycles. The Morgan fingerprint density at radius 1 is 1.69 bits per heavy atom. The van der Waals surface area contributed by atoms with E-state index in [0.717, 1.165) is 18.8 Å². The average Bonchev–Trinajstić information content (AvgIpc) is 2.53. The minimum absolute atomic E-state index is 0.170. The summed E-state index contributed by atoms with van der Waals surface area (Å²) in [6.45, 7) is 3.49. The van der Waals surface area contributed by atoms with Crippen LogP contribution >= 0.6 is 0 Å². The van der Waals surface area contributed by atoms with Crippen LogP contribution in [-0.2, 0) is 17.8 Å². The Hall–Kier alpha value is -0.940. The second-order valence-electron chi connectivity index (χ2n) is 3.01. The van der Waals surface area contributed by atoms with E-state index in [2.05, 4.69) is 15.6 Å². The molecule has 0 bridgehead atoms. The largest absolute Gasteiger partial charge is 0.380 e. The molecule has 0 saturated heterocycles. The maximum atomic E-state index is 5.12. The van der Waals surface area contributed by atoms with Crippen LogP contribution in [0, 0.1) is 0 Å². The van der Waals surface area contributed by atoms with Gasteiger partial charge in [-0.05, 0) is 14.0 Å². The van der Waals surface area contributed by atoms with E-state index in [1.54, 1.807) is 11.8 Å². The Bertz CT molecular complexity index is 248. The molecule has 1 unspecified atom stereocenters. The second-order valence-corrected chi connectivity index (χ2v) is 3.01. The molecular weight excluding hydrogens is 168 g/mol. The Labute approximate surface area is 78.1 Å². The molecule has 1 heterocycles. The average molecular weight is 184 g/mol. The van der Waals surface area contributed by atoms with Crippen LogP contribution in [0.25, 0.3) is 0 Å². The SMILES string of the molecule is CNCc1cn(CC(C)OC)nn1. The molecule has 0 aliphatic rings. The van der Waals surface area contributed by atoms with E-state index in [1.807, 2.05) is 20.2 Å². The zero-order valence-corrected chi connectivity index (χ0v) is 8.32. The first kappa shape index (κ1) is 10.1. The first-order valence-electron chi connectivity index (χ1n) is 4.32. The fourth-order valence-electron chi connectivity index (χ4n) is 1.03. The molecule has 1 aromatic rings. The first-order chi connectivity index (χ1) is 6.26. The summed E-state index contributed by atoms with van der Waals surface area (Å²) in [4.78, 5) is 0.